The number of aryl methyl sites for hydroxylation is 1. The maximum Gasteiger partial charge on any atom is 0.283 e. The number of anilines is 3. The number of halogens is 3. The lowest BCUT2D eigenvalue weighted by molar-refractivity contribution is -0.120. The van der Waals surface area contributed by atoms with Gasteiger partial charge in [-0.25, -0.2) is 9.88 Å². The number of carbonyl (C=O) groups excluding carboxylic acids is 3. The van der Waals surface area contributed by atoms with E-state index in [1.807, 2.05) is 13.0 Å². The number of imide groups is 1. The van der Waals surface area contributed by atoms with Gasteiger partial charge in [0.1, 0.15) is 10.7 Å². The van der Waals surface area contributed by atoms with Crippen LogP contribution >= 0.6 is 46.1 Å². The number of rotatable bonds is 6. The number of nitrogens with one attached hydrogen (secondary N) is 2. The molecule has 11 heteroatoms. The molecule has 2 heterocycles. The zero-order chi connectivity index (χ0) is 27.0. The van der Waals surface area contributed by atoms with E-state index >= 15 is 0 Å². The highest BCUT2D eigenvalue weighted by Gasteiger charge is 2.39. The Morgan fingerprint density at radius 3 is 2.42 bits per heavy atom. The Labute approximate surface area is 236 Å². The number of hydrogen-bond acceptors (Lipinski definition) is 6. The molecule has 1 aliphatic heterocycles. The molecule has 0 radical (unpaired) electrons. The van der Waals surface area contributed by atoms with E-state index in [1.165, 1.54) is 11.3 Å². The average Bonchev–Trinajstić information content (AvgIpc) is 3.42. The number of thiazole rings is 1. The largest absolute Gasteiger partial charge is 0.350 e. The Morgan fingerprint density at radius 2 is 1.71 bits per heavy atom. The van der Waals surface area contributed by atoms with Crippen LogP contribution in [-0.2, 0) is 9.59 Å². The Kier molecular flexibility index (Phi) is 7.23. The van der Waals surface area contributed by atoms with Crippen LogP contribution in [0.3, 0.4) is 0 Å². The van der Waals surface area contributed by atoms with E-state index in [2.05, 4.69) is 15.6 Å². The van der Waals surface area contributed by atoms with Gasteiger partial charge in [-0.15, -0.1) is 11.3 Å². The minimum atomic E-state index is -0.608. The summed E-state index contributed by atoms with van der Waals surface area (Å²) in [6.07, 6.45) is 0. The van der Waals surface area contributed by atoms with E-state index in [4.69, 9.17) is 34.8 Å². The van der Waals surface area contributed by atoms with Gasteiger partial charge in [-0.3, -0.25) is 19.7 Å². The van der Waals surface area contributed by atoms with Crippen LogP contribution in [-0.4, -0.2) is 22.7 Å². The van der Waals surface area contributed by atoms with E-state index in [1.54, 1.807) is 66.0 Å². The topological polar surface area (TPSA) is 91.4 Å². The summed E-state index contributed by atoms with van der Waals surface area (Å²) in [5.74, 6) is -1.54. The molecule has 1 aromatic heterocycles. The fourth-order valence-electron chi connectivity index (χ4n) is 3.78. The van der Waals surface area contributed by atoms with Crippen molar-refractivity contribution in [2.45, 2.75) is 6.92 Å². The third-order valence-corrected chi connectivity index (χ3v) is 7.29. The zero-order valence-corrected chi connectivity index (χ0v) is 22.7. The predicted molar refractivity (Wildman–Crippen MR) is 152 cm³/mol. The lowest BCUT2D eigenvalue weighted by Crippen LogP contribution is -2.32. The van der Waals surface area contributed by atoms with Gasteiger partial charge < -0.3 is 5.32 Å². The molecule has 2 N–H and O–H groups in total. The van der Waals surface area contributed by atoms with E-state index in [0.717, 1.165) is 10.5 Å². The van der Waals surface area contributed by atoms with Crippen LogP contribution in [0.5, 0.6) is 0 Å². The number of amides is 3. The van der Waals surface area contributed by atoms with Gasteiger partial charge in [0.25, 0.3) is 17.7 Å². The summed E-state index contributed by atoms with van der Waals surface area (Å²) >= 11 is 19.7. The van der Waals surface area contributed by atoms with Gasteiger partial charge in [0.2, 0.25) is 0 Å². The minimum absolute atomic E-state index is 0.0356. The predicted octanol–water partition coefficient (Wildman–Crippen LogP) is 7.11. The van der Waals surface area contributed by atoms with Crippen molar-refractivity contribution < 1.29 is 14.4 Å². The average molecular weight is 584 g/mol. The second-order valence-corrected chi connectivity index (χ2v) is 10.4. The first-order valence-corrected chi connectivity index (χ1v) is 13.2. The maximum atomic E-state index is 13.0. The van der Waals surface area contributed by atoms with Crippen molar-refractivity contribution in [2.75, 3.05) is 15.5 Å². The number of nitrogens with zero attached hydrogens (tertiary/aromatic N) is 2. The molecular weight excluding hydrogens is 567 g/mol. The summed E-state index contributed by atoms with van der Waals surface area (Å²) < 4.78 is 0. The van der Waals surface area contributed by atoms with Gasteiger partial charge in [-0.1, -0.05) is 46.9 Å². The third kappa shape index (κ3) is 5.16. The molecule has 0 saturated carbocycles. The molecule has 0 unspecified atom stereocenters. The van der Waals surface area contributed by atoms with Crippen molar-refractivity contribution in [1.29, 1.82) is 0 Å². The van der Waals surface area contributed by atoms with Crippen molar-refractivity contribution in [1.82, 2.24) is 4.98 Å². The smallest absolute Gasteiger partial charge is 0.283 e. The lowest BCUT2D eigenvalue weighted by atomic mass is 10.2. The fourth-order valence-corrected chi connectivity index (χ4v) is 5.21. The first-order chi connectivity index (χ1) is 18.2. The van der Waals surface area contributed by atoms with E-state index in [0.29, 0.717) is 43.4 Å². The molecular formula is C27H17Cl3N4O3S. The van der Waals surface area contributed by atoms with Crippen LogP contribution in [0.4, 0.5) is 16.5 Å². The van der Waals surface area contributed by atoms with Crippen LogP contribution < -0.4 is 15.5 Å². The molecule has 4 aromatic rings. The third-order valence-electron chi connectivity index (χ3n) is 5.64. The zero-order valence-electron chi connectivity index (χ0n) is 19.6. The second-order valence-electron chi connectivity index (χ2n) is 8.29. The normalized spacial score (nSPS) is 13.3. The molecule has 0 saturated heterocycles. The summed E-state index contributed by atoms with van der Waals surface area (Å²) in [5, 5.41) is 8.63. The molecule has 0 aliphatic carbocycles. The molecule has 7 nitrogen and oxygen atoms in total. The molecule has 1 aliphatic rings. The maximum absolute atomic E-state index is 13.0. The van der Waals surface area contributed by atoms with Crippen molar-refractivity contribution in [3.8, 4) is 11.3 Å². The SMILES string of the molecule is Cc1cccc(N2C(=O)C(Cl)=C(Nc3ccc(C(=O)Nc4nc(-c5ccc(Cl)cc5Cl)cs4)cc3)C2=O)c1. The lowest BCUT2D eigenvalue weighted by Gasteiger charge is -2.15. The number of aromatic nitrogens is 1. The molecule has 5 rings (SSSR count). The first-order valence-electron chi connectivity index (χ1n) is 11.2. The van der Waals surface area contributed by atoms with Crippen molar-refractivity contribution in [2.24, 2.45) is 0 Å². The standard InChI is InChI=1S/C27H17Cl3N4O3S/c1-14-3-2-4-18(11-14)34-25(36)22(30)23(26(34)37)31-17-8-5-15(6-9-17)24(35)33-27-32-21(13-38-27)19-10-7-16(28)12-20(19)29/h2-13,31H,1H3,(H,32,33,35). The molecule has 0 fully saturated rings. The highest BCUT2D eigenvalue weighted by Crippen LogP contribution is 2.33. The quantitative estimate of drug-likeness (QED) is 0.236. The van der Waals surface area contributed by atoms with Crippen LogP contribution in [0.1, 0.15) is 15.9 Å². The highest BCUT2D eigenvalue weighted by molar-refractivity contribution is 7.14. The van der Waals surface area contributed by atoms with Crippen molar-refractivity contribution >= 4 is 80.4 Å². The second kappa shape index (κ2) is 10.6. The Morgan fingerprint density at radius 1 is 0.947 bits per heavy atom. The van der Waals surface area contributed by atoms with Crippen molar-refractivity contribution in [3.63, 3.8) is 0 Å². The Balaban J connectivity index is 1.27. The van der Waals surface area contributed by atoms with E-state index < -0.39 is 11.8 Å². The highest BCUT2D eigenvalue weighted by atomic mass is 35.5. The monoisotopic (exact) mass is 582 g/mol. The summed E-state index contributed by atoms with van der Waals surface area (Å²) in [7, 11) is 0. The number of carbonyl (C=O) groups is 3. The number of benzene rings is 3. The summed E-state index contributed by atoms with van der Waals surface area (Å²) in [6.45, 7) is 1.86. The first kappa shape index (κ1) is 25.9. The molecule has 190 valence electrons. The molecule has 3 aromatic carbocycles. The van der Waals surface area contributed by atoms with Crippen LogP contribution in [0.2, 0.25) is 10.0 Å². The van der Waals surface area contributed by atoms with Gasteiger partial charge in [0.05, 0.1) is 16.4 Å². The summed E-state index contributed by atoms with van der Waals surface area (Å²) in [4.78, 5) is 43.9. The van der Waals surface area contributed by atoms with Crippen LogP contribution in [0.15, 0.2) is 82.8 Å². The van der Waals surface area contributed by atoms with Crippen molar-refractivity contribution in [3.05, 3.63) is 104 Å². The van der Waals surface area contributed by atoms with Gasteiger partial charge >= 0.3 is 0 Å². The molecule has 38 heavy (non-hydrogen) atoms. The van der Waals surface area contributed by atoms with Crippen LogP contribution in [0.25, 0.3) is 11.3 Å². The van der Waals surface area contributed by atoms with Gasteiger partial charge in [0, 0.05) is 27.2 Å². The van der Waals surface area contributed by atoms with Gasteiger partial charge in [0.15, 0.2) is 5.13 Å². The molecule has 3 amide bonds. The van der Waals surface area contributed by atoms with Gasteiger partial charge in [-0.05, 0) is 67.1 Å². The van der Waals surface area contributed by atoms with E-state index in [9.17, 15) is 14.4 Å². The molecule has 0 atom stereocenters. The minimum Gasteiger partial charge on any atom is -0.350 e. The molecule has 0 bridgehead atoms. The molecule has 0 spiro atoms. The Bertz CT molecular complexity index is 1630. The van der Waals surface area contributed by atoms with Crippen LogP contribution in [0, 0.1) is 6.92 Å². The summed E-state index contributed by atoms with van der Waals surface area (Å²) in [5.41, 5.74) is 3.47. The van der Waals surface area contributed by atoms with Gasteiger partial charge in [-0.2, -0.15) is 0 Å². The Hall–Kier alpha value is -3.69. The van der Waals surface area contributed by atoms with E-state index in [-0.39, 0.29) is 16.6 Å². The number of hydrogen-bond donors (Lipinski definition) is 2. The summed E-state index contributed by atoms with van der Waals surface area (Å²) in [6, 6.07) is 18.5. The fraction of sp³-hybridized carbons (Fsp3) is 0.0370.